The van der Waals surface area contributed by atoms with Crippen LogP contribution in [0.5, 0.6) is 5.75 Å². The van der Waals surface area contributed by atoms with Crippen LogP contribution in [-0.2, 0) is 21.2 Å². The zero-order valence-electron chi connectivity index (χ0n) is 18.6. The van der Waals surface area contributed by atoms with E-state index < -0.39 is 15.9 Å². The largest absolute Gasteiger partial charge is 0.492 e. The minimum atomic E-state index is -3.98. The highest BCUT2D eigenvalue weighted by molar-refractivity contribution is 7.92. The van der Waals surface area contributed by atoms with Crippen LogP contribution in [0.2, 0.25) is 5.02 Å². The third-order valence-corrected chi connectivity index (χ3v) is 7.08. The molecule has 0 aromatic heterocycles. The predicted molar refractivity (Wildman–Crippen MR) is 131 cm³/mol. The Morgan fingerprint density at radius 2 is 1.61 bits per heavy atom. The standard InChI is InChI=1S/C25H27ClN2O4S/c1-3-20-6-12-23(13-7-20)32-17-16-27-25(29)18-28(22-10-4-19(2)5-11-22)33(30,31)24-14-8-21(26)9-15-24/h4-15H,3,16-18H2,1-2H3,(H,27,29). The summed E-state index contributed by atoms with van der Waals surface area (Å²) in [7, 11) is -3.98. The number of carbonyl (C=O) groups excluding carboxylic acids is 1. The topological polar surface area (TPSA) is 75.7 Å². The first-order chi connectivity index (χ1) is 15.8. The van der Waals surface area contributed by atoms with E-state index in [2.05, 4.69) is 12.2 Å². The number of halogens is 1. The number of benzene rings is 3. The van der Waals surface area contributed by atoms with Crippen LogP contribution in [0.1, 0.15) is 18.1 Å². The number of rotatable bonds is 10. The maximum absolute atomic E-state index is 13.3. The van der Waals surface area contributed by atoms with Gasteiger partial charge in [0, 0.05) is 5.02 Å². The molecule has 0 saturated heterocycles. The molecule has 1 N–H and O–H groups in total. The van der Waals surface area contributed by atoms with Gasteiger partial charge in [0.25, 0.3) is 10.0 Å². The molecular formula is C25H27ClN2O4S. The van der Waals surface area contributed by atoms with Crippen molar-refractivity contribution in [3.05, 3.63) is 88.9 Å². The van der Waals surface area contributed by atoms with E-state index in [1.54, 1.807) is 24.3 Å². The van der Waals surface area contributed by atoms with Gasteiger partial charge in [-0.15, -0.1) is 0 Å². The van der Waals surface area contributed by atoms with E-state index >= 15 is 0 Å². The van der Waals surface area contributed by atoms with Crippen LogP contribution in [0, 0.1) is 6.92 Å². The molecule has 3 aromatic carbocycles. The first-order valence-corrected chi connectivity index (χ1v) is 12.4. The van der Waals surface area contributed by atoms with Gasteiger partial charge in [-0.3, -0.25) is 9.10 Å². The zero-order valence-corrected chi connectivity index (χ0v) is 20.2. The van der Waals surface area contributed by atoms with Gasteiger partial charge in [0.05, 0.1) is 17.1 Å². The summed E-state index contributed by atoms with van der Waals surface area (Å²) < 4.78 is 33.4. The average Bonchev–Trinajstić information content (AvgIpc) is 2.81. The number of ether oxygens (including phenoxy) is 1. The molecule has 0 radical (unpaired) electrons. The minimum Gasteiger partial charge on any atom is -0.492 e. The molecule has 8 heteroatoms. The molecule has 174 valence electrons. The van der Waals surface area contributed by atoms with Crippen LogP contribution >= 0.6 is 11.6 Å². The lowest BCUT2D eigenvalue weighted by Gasteiger charge is -2.24. The third-order valence-electron chi connectivity index (χ3n) is 5.04. The average molecular weight is 487 g/mol. The van der Waals surface area contributed by atoms with E-state index in [1.807, 2.05) is 31.2 Å². The second-order valence-electron chi connectivity index (χ2n) is 7.50. The molecule has 0 fully saturated rings. The normalized spacial score (nSPS) is 11.1. The predicted octanol–water partition coefficient (Wildman–Crippen LogP) is 4.60. The Kier molecular flexibility index (Phi) is 8.36. The fraction of sp³-hybridized carbons (Fsp3) is 0.240. The van der Waals surface area contributed by atoms with E-state index in [0.29, 0.717) is 16.5 Å². The van der Waals surface area contributed by atoms with E-state index in [1.165, 1.54) is 29.8 Å². The summed E-state index contributed by atoms with van der Waals surface area (Å²) in [5.41, 5.74) is 2.60. The number of aryl methyl sites for hydroxylation is 2. The van der Waals surface area contributed by atoms with Crippen LogP contribution in [0.15, 0.2) is 77.7 Å². The molecule has 3 rings (SSSR count). The van der Waals surface area contributed by atoms with Gasteiger partial charge in [0.2, 0.25) is 5.91 Å². The Balaban J connectivity index is 1.67. The number of hydrogen-bond donors (Lipinski definition) is 1. The van der Waals surface area contributed by atoms with Crippen molar-refractivity contribution in [3.63, 3.8) is 0 Å². The summed E-state index contributed by atoms with van der Waals surface area (Å²) in [5.74, 6) is 0.283. The second kappa shape index (κ2) is 11.2. The summed E-state index contributed by atoms with van der Waals surface area (Å²) >= 11 is 5.91. The Hall–Kier alpha value is -3.03. The number of nitrogens with one attached hydrogen (secondary N) is 1. The highest BCUT2D eigenvalue weighted by Gasteiger charge is 2.27. The highest BCUT2D eigenvalue weighted by Crippen LogP contribution is 2.25. The Labute approximate surface area is 200 Å². The summed E-state index contributed by atoms with van der Waals surface area (Å²) in [5, 5.41) is 3.16. The Morgan fingerprint density at radius 1 is 0.970 bits per heavy atom. The molecule has 0 aliphatic rings. The smallest absolute Gasteiger partial charge is 0.264 e. The van der Waals surface area contributed by atoms with Gasteiger partial charge in [0.15, 0.2) is 0 Å². The fourth-order valence-electron chi connectivity index (χ4n) is 3.13. The lowest BCUT2D eigenvalue weighted by Crippen LogP contribution is -2.41. The number of hydrogen-bond acceptors (Lipinski definition) is 4. The van der Waals surface area contributed by atoms with E-state index in [9.17, 15) is 13.2 Å². The van der Waals surface area contributed by atoms with Gasteiger partial charge < -0.3 is 10.1 Å². The Morgan fingerprint density at radius 3 is 2.21 bits per heavy atom. The number of carbonyl (C=O) groups is 1. The first kappa shape index (κ1) is 24.6. The fourth-order valence-corrected chi connectivity index (χ4v) is 4.67. The molecule has 0 aliphatic carbocycles. The molecule has 1 amide bonds. The molecular weight excluding hydrogens is 460 g/mol. The lowest BCUT2D eigenvalue weighted by molar-refractivity contribution is -0.119. The monoisotopic (exact) mass is 486 g/mol. The molecule has 0 saturated carbocycles. The van der Waals surface area contributed by atoms with Crippen molar-refractivity contribution in [1.29, 1.82) is 0 Å². The maximum Gasteiger partial charge on any atom is 0.264 e. The van der Waals surface area contributed by atoms with Gasteiger partial charge in [-0.1, -0.05) is 48.4 Å². The molecule has 6 nitrogen and oxygen atoms in total. The van der Waals surface area contributed by atoms with Gasteiger partial charge in [0.1, 0.15) is 18.9 Å². The van der Waals surface area contributed by atoms with Crippen molar-refractivity contribution >= 4 is 33.2 Å². The molecule has 33 heavy (non-hydrogen) atoms. The van der Waals surface area contributed by atoms with Crippen LogP contribution in [-0.4, -0.2) is 34.0 Å². The maximum atomic E-state index is 13.3. The van der Waals surface area contributed by atoms with Crippen molar-refractivity contribution in [1.82, 2.24) is 5.32 Å². The molecule has 0 bridgehead atoms. The van der Waals surface area contributed by atoms with Crippen molar-refractivity contribution in [2.24, 2.45) is 0 Å². The van der Waals surface area contributed by atoms with E-state index in [-0.39, 0.29) is 24.6 Å². The molecule has 0 spiro atoms. The van der Waals surface area contributed by atoms with Crippen molar-refractivity contribution in [2.45, 2.75) is 25.2 Å². The zero-order chi connectivity index (χ0) is 23.8. The van der Waals surface area contributed by atoms with Crippen molar-refractivity contribution in [2.75, 3.05) is 24.0 Å². The van der Waals surface area contributed by atoms with Gasteiger partial charge in [-0.05, 0) is 67.4 Å². The highest BCUT2D eigenvalue weighted by atomic mass is 35.5. The van der Waals surface area contributed by atoms with Crippen molar-refractivity contribution in [3.8, 4) is 5.75 Å². The van der Waals surface area contributed by atoms with Crippen LogP contribution < -0.4 is 14.4 Å². The van der Waals surface area contributed by atoms with E-state index in [4.69, 9.17) is 16.3 Å². The van der Waals surface area contributed by atoms with Gasteiger partial charge in [-0.2, -0.15) is 0 Å². The van der Waals surface area contributed by atoms with E-state index in [0.717, 1.165) is 16.3 Å². The van der Waals surface area contributed by atoms with Gasteiger partial charge >= 0.3 is 0 Å². The lowest BCUT2D eigenvalue weighted by atomic mass is 10.2. The molecule has 0 heterocycles. The van der Waals surface area contributed by atoms with Crippen molar-refractivity contribution < 1.29 is 17.9 Å². The molecule has 3 aromatic rings. The number of anilines is 1. The van der Waals surface area contributed by atoms with Crippen LogP contribution in [0.3, 0.4) is 0 Å². The summed E-state index contributed by atoms with van der Waals surface area (Å²) in [4.78, 5) is 12.7. The molecule has 0 aliphatic heterocycles. The first-order valence-electron chi connectivity index (χ1n) is 10.6. The number of sulfonamides is 1. The summed E-state index contributed by atoms with van der Waals surface area (Å²) in [6, 6.07) is 20.6. The SMILES string of the molecule is CCc1ccc(OCCNC(=O)CN(c2ccc(C)cc2)S(=O)(=O)c2ccc(Cl)cc2)cc1. The third kappa shape index (κ3) is 6.73. The quantitative estimate of drug-likeness (QED) is 0.425. The van der Waals surface area contributed by atoms with Crippen LogP contribution in [0.25, 0.3) is 0 Å². The minimum absolute atomic E-state index is 0.0548. The number of amides is 1. The summed E-state index contributed by atoms with van der Waals surface area (Å²) in [6.07, 6.45) is 0.951. The molecule has 0 unspecified atom stereocenters. The number of nitrogens with zero attached hydrogens (tertiary/aromatic N) is 1. The summed E-state index contributed by atoms with van der Waals surface area (Å²) in [6.45, 7) is 4.14. The molecule has 0 atom stereocenters. The van der Waals surface area contributed by atoms with Crippen LogP contribution in [0.4, 0.5) is 5.69 Å². The Bertz CT molecular complexity index is 1160. The second-order valence-corrected chi connectivity index (χ2v) is 9.80. The van der Waals surface area contributed by atoms with Gasteiger partial charge in [-0.25, -0.2) is 8.42 Å².